The molecule has 98 valence electrons. The predicted octanol–water partition coefficient (Wildman–Crippen LogP) is 1.75. The Labute approximate surface area is 110 Å². The molecule has 2 aromatic heterocycles. The molecule has 0 aromatic carbocycles. The van der Waals surface area contributed by atoms with Crippen LogP contribution in [-0.2, 0) is 0 Å². The van der Waals surface area contributed by atoms with Gasteiger partial charge in [-0.15, -0.1) is 0 Å². The molecule has 1 N–H and O–H groups in total. The summed E-state index contributed by atoms with van der Waals surface area (Å²) < 4.78 is 4.97. The van der Waals surface area contributed by atoms with E-state index in [0.29, 0.717) is 22.8 Å². The number of pyridine rings is 1. The molecule has 0 saturated heterocycles. The number of aromatic nitrogens is 3. The number of rotatable bonds is 3. The second-order valence-corrected chi connectivity index (χ2v) is 3.93. The lowest BCUT2D eigenvalue weighted by molar-refractivity contribution is 0.102. The van der Waals surface area contributed by atoms with Crippen molar-refractivity contribution in [1.29, 1.82) is 0 Å². The highest BCUT2D eigenvalue weighted by atomic mass is 16.5. The lowest BCUT2D eigenvalue weighted by Crippen LogP contribution is -2.16. The van der Waals surface area contributed by atoms with Crippen molar-refractivity contribution >= 4 is 11.6 Å². The van der Waals surface area contributed by atoms with Crippen LogP contribution in [-0.4, -0.2) is 28.0 Å². The normalized spacial score (nSPS) is 10.1. The quantitative estimate of drug-likeness (QED) is 0.907. The van der Waals surface area contributed by atoms with Crippen molar-refractivity contribution in [3.8, 4) is 6.01 Å². The van der Waals surface area contributed by atoms with Crippen LogP contribution >= 0.6 is 0 Å². The smallest absolute Gasteiger partial charge is 0.316 e. The van der Waals surface area contributed by atoms with Gasteiger partial charge in [0.1, 0.15) is 5.69 Å². The van der Waals surface area contributed by atoms with Crippen molar-refractivity contribution < 1.29 is 9.53 Å². The molecule has 0 atom stereocenters. The maximum absolute atomic E-state index is 12.0. The number of anilines is 1. The molecule has 0 radical (unpaired) electrons. The topological polar surface area (TPSA) is 77.0 Å². The standard InChI is InChI=1S/C13H14N4O2/c1-8-11(9(2)16-13(15-8)19-3)17-12(18)10-6-4-5-7-14-10/h4-7H,1-3H3,(H,17,18). The van der Waals surface area contributed by atoms with Crippen LogP contribution in [0.1, 0.15) is 21.9 Å². The number of hydrogen-bond acceptors (Lipinski definition) is 5. The zero-order valence-electron chi connectivity index (χ0n) is 11.0. The van der Waals surface area contributed by atoms with E-state index in [1.807, 2.05) is 0 Å². The Kier molecular flexibility index (Phi) is 3.70. The fourth-order valence-corrected chi connectivity index (χ4v) is 1.63. The summed E-state index contributed by atoms with van der Waals surface area (Å²) in [6, 6.07) is 5.44. The van der Waals surface area contributed by atoms with Gasteiger partial charge in [0.2, 0.25) is 0 Å². The second-order valence-electron chi connectivity index (χ2n) is 3.93. The van der Waals surface area contributed by atoms with Crippen LogP contribution in [0.3, 0.4) is 0 Å². The first kappa shape index (κ1) is 12.9. The number of carbonyl (C=O) groups excluding carboxylic acids is 1. The largest absolute Gasteiger partial charge is 0.467 e. The number of nitrogens with one attached hydrogen (secondary N) is 1. The molecular formula is C13H14N4O2. The minimum atomic E-state index is -0.291. The van der Waals surface area contributed by atoms with Gasteiger partial charge in [-0.1, -0.05) is 6.07 Å². The Hall–Kier alpha value is -2.50. The van der Waals surface area contributed by atoms with Crippen molar-refractivity contribution in [2.75, 3.05) is 12.4 Å². The van der Waals surface area contributed by atoms with Gasteiger partial charge in [-0.3, -0.25) is 9.78 Å². The van der Waals surface area contributed by atoms with Crippen LogP contribution < -0.4 is 10.1 Å². The van der Waals surface area contributed by atoms with Gasteiger partial charge in [0.05, 0.1) is 24.2 Å². The number of amides is 1. The number of nitrogens with zero attached hydrogens (tertiary/aromatic N) is 3. The first-order valence-corrected chi connectivity index (χ1v) is 5.73. The monoisotopic (exact) mass is 258 g/mol. The molecule has 0 aliphatic heterocycles. The van der Waals surface area contributed by atoms with E-state index in [9.17, 15) is 4.79 Å². The molecule has 2 aromatic rings. The number of hydrogen-bond donors (Lipinski definition) is 1. The fraction of sp³-hybridized carbons (Fsp3) is 0.231. The van der Waals surface area contributed by atoms with Gasteiger partial charge >= 0.3 is 6.01 Å². The molecule has 19 heavy (non-hydrogen) atoms. The number of ether oxygens (including phenoxy) is 1. The molecule has 1 amide bonds. The summed E-state index contributed by atoms with van der Waals surface area (Å²) in [5.74, 6) is -0.291. The first-order chi connectivity index (χ1) is 9.11. The summed E-state index contributed by atoms with van der Waals surface area (Å²) >= 11 is 0. The number of methoxy groups -OCH3 is 1. The van der Waals surface area contributed by atoms with Crippen LogP contribution in [0.15, 0.2) is 24.4 Å². The molecule has 0 aliphatic carbocycles. The third-order valence-electron chi connectivity index (χ3n) is 2.57. The Morgan fingerprint density at radius 2 is 1.89 bits per heavy atom. The van der Waals surface area contributed by atoms with Crippen molar-refractivity contribution in [2.45, 2.75) is 13.8 Å². The Balaban J connectivity index is 2.27. The van der Waals surface area contributed by atoms with Crippen molar-refractivity contribution in [1.82, 2.24) is 15.0 Å². The molecule has 2 rings (SSSR count). The van der Waals surface area contributed by atoms with Gasteiger partial charge in [0.15, 0.2) is 0 Å². The van der Waals surface area contributed by atoms with E-state index >= 15 is 0 Å². The molecule has 2 heterocycles. The molecule has 0 unspecified atom stereocenters. The molecule has 0 saturated carbocycles. The first-order valence-electron chi connectivity index (χ1n) is 5.73. The molecular weight excluding hydrogens is 244 g/mol. The highest BCUT2D eigenvalue weighted by molar-refractivity contribution is 6.03. The number of carbonyl (C=O) groups is 1. The van der Waals surface area contributed by atoms with Crippen LogP contribution in [0.2, 0.25) is 0 Å². The average Bonchev–Trinajstić information content (AvgIpc) is 2.43. The molecule has 6 nitrogen and oxygen atoms in total. The highest BCUT2D eigenvalue weighted by Crippen LogP contribution is 2.19. The van der Waals surface area contributed by atoms with E-state index in [4.69, 9.17) is 4.74 Å². The Morgan fingerprint density at radius 3 is 2.42 bits per heavy atom. The van der Waals surface area contributed by atoms with Crippen LogP contribution in [0.5, 0.6) is 6.01 Å². The molecule has 0 spiro atoms. The summed E-state index contributed by atoms with van der Waals surface area (Å²) in [4.78, 5) is 24.3. The second kappa shape index (κ2) is 5.43. The summed E-state index contributed by atoms with van der Waals surface area (Å²) in [6.45, 7) is 3.57. The van der Waals surface area contributed by atoms with E-state index in [1.54, 1.807) is 38.2 Å². The third-order valence-corrected chi connectivity index (χ3v) is 2.57. The maximum Gasteiger partial charge on any atom is 0.316 e. The van der Waals surface area contributed by atoms with Crippen LogP contribution in [0.25, 0.3) is 0 Å². The van der Waals surface area contributed by atoms with E-state index in [0.717, 1.165) is 0 Å². The Bertz CT molecular complexity index is 576. The van der Waals surface area contributed by atoms with Gasteiger partial charge in [-0.05, 0) is 26.0 Å². The lowest BCUT2D eigenvalue weighted by Gasteiger charge is -2.11. The van der Waals surface area contributed by atoms with E-state index in [1.165, 1.54) is 7.11 Å². The molecule has 0 fully saturated rings. The molecule has 0 aliphatic rings. The summed E-state index contributed by atoms with van der Waals surface area (Å²) in [5, 5.41) is 2.76. The van der Waals surface area contributed by atoms with Crippen LogP contribution in [0.4, 0.5) is 5.69 Å². The SMILES string of the molecule is COc1nc(C)c(NC(=O)c2ccccn2)c(C)n1. The van der Waals surface area contributed by atoms with Crippen LogP contribution in [0, 0.1) is 13.8 Å². The van der Waals surface area contributed by atoms with E-state index in [-0.39, 0.29) is 11.9 Å². The molecule has 6 heteroatoms. The van der Waals surface area contributed by atoms with Gasteiger partial charge in [-0.25, -0.2) is 0 Å². The zero-order chi connectivity index (χ0) is 13.8. The van der Waals surface area contributed by atoms with Gasteiger partial charge in [-0.2, -0.15) is 9.97 Å². The number of aryl methyl sites for hydroxylation is 2. The lowest BCUT2D eigenvalue weighted by atomic mass is 10.2. The van der Waals surface area contributed by atoms with E-state index in [2.05, 4.69) is 20.3 Å². The fourth-order valence-electron chi connectivity index (χ4n) is 1.63. The summed E-state index contributed by atoms with van der Waals surface area (Å²) in [6.07, 6.45) is 1.57. The Morgan fingerprint density at radius 1 is 1.21 bits per heavy atom. The average molecular weight is 258 g/mol. The van der Waals surface area contributed by atoms with Crippen molar-refractivity contribution in [3.05, 3.63) is 41.5 Å². The maximum atomic E-state index is 12.0. The van der Waals surface area contributed by atoms with E-state index < -0.39 is 0 Å². The van der Waals surface area contributed by atoms with Crippen molar-refractivity contribution in [3.63, 3.8) is 0 Å². The van der Waals surface area contributed by atoms with Gasteiger partial charge < -0.3 is 10.1 Å². The zero-order valence-corrected chi connectivity index (χ0v) is 11.0. The van der Waals surface area contributed by atoms with Crippen molar-refractivity contribution in [2.24, 2.45) is 0 Å². The highest BCUT2D eigenvalue weighted by Gasteiger charge is 2.13. The third kappa shape index (κ3) is 2.85. The summed E-state index contributed by atoms with van der Waals surface area (Å²) in [5.41, 5.74) is 2.22. The minimum absolute atomic E-state index is 0.283. The minimum Gasteiger partial charge on any atom is -0.467 e. The van der Waals surface area contributed by atoms with Gasteiger partial charge in [0.25, 0.3) is 5.91 Å². The predicted molar refractivity (Wildman–Crippen MR) is 70.2 cm³/mol. The van der Waals surface area contributed by atoms with Gasteiger partial charge in [0, 0.05) is 6.20 Å². The molecule has 0 bridgehead atoms. The summed E-state index contributed by atoms with van der Waals surface area (Å²) in [7, 11) is 1.50.